The summed E-state index contributed by atoms with van der Waals surface area (Å²) in [6, 6.07) is 7.15. The fourth-order valence-electron chi connectivity index (χ4n) is 2.50. The molecule has 1 aromatic carbocycles. The fourth-order valence-corrected chi connectivity index (χ4v) is 2.50. The highest BCUT2D eigenvalue weighted by Crippen LogP contribution is 2.26. The van der Waals surface area contributed by atoms with Gasteiger partial charge in [0.05, 0.1) is 5.92 Å². The van der Waals surface area contributed by atoms with E-state index in [9.17, 15) is 9.59 Å². The summed E-state index contributed by atoms with van der Waals surface area (Å²) in [5.74, 6) is -1.34. The molecule has 2 unspecified atom stereocenters. The molecule has 1 fully saturated rings. The van der Waals surface area contributed by atoms with E-state index < -0.39 is 11.9 Å². The average Bonchev–Trinajstić information content (AvgIpc) is 2.70. The second-order valence-corrected chi connectivity index (χ2v) is 4.84. The highest BCUT2D eigenvalue weighted by molar-refractivity contribution is 5.95. The molecule has 1 N–H and O–H groups in total. The van der Waals surface area contributed by atoms with Crippen LogP contribution < -0.4 is 0 Å². The van der Waals surface area contributed by atoms with Gasteiger partial charge in [-0.1, -0.05) is 17.7 Å². The van der Waals surface area contributed by atoms with Gasteiger partial charge in [0.2, 0.25) is 0 Å². The lowest BCUT2D eigenvalue weighted by Gasteiger charge is -2.23. The number of aryl methyl sites for hydroxylation is 1. The van der Waals surface area contributed by atoms with Crippen LogP contribution in [0, 0.1) is 12.8 Å². The molecule has 0 spiro atoms. The topological polar surface area (TPSA) is 57.6 Å². The lowest BCUT2D eigenvalue weighted by atomic mass is 10.0. The Kier molecular flexibility index (Phi) is 3.36. The minimum Gasteiger partial charge on any atom is -0.481 e. The van der Waals surface area contributed by atoms with Crippen LogP contribution in [0.3, 0.4) is 0 Å². The Labute approximate surface area is 106 Å². The van der Waals surface area contributed by atoms with E-state index in [1.165, 1.54) is 0 Å². The summed E-state index contributed by atoms with van der Waals surface area (Å²) in [6.07, 6.45) is 0.536. The first-order valence-corrected chi connectivity index (χ1v) is 6.11. The van der Waals surface area contributed by atoms with Crippen LogP contribution in [0.4, 0.5) is 0 Å². The Morgan fingerprint density at radius 3 is 2.67 bits per heavy atom. The molecule has 2 rings (SSSR count). The van der Waals surface area contributed by atoms with Crippen molar-refractivity contribution in [2.75, 3.05) is 6.54 Å². The number of likely N-dealkylation sites (tertiary alicyclic amines) is 1. The van der Waals surface area contributed by atoms with Crippen molar-refractivity contribution >= 4 is 11.9 Å². The van der Waals surface area contributed by atoms with Crippen molar-refractivity contribution in [1.29, 1.82) is 0 Å². The maximum Gasteiger partial charge on any atom is 0.308 e. The van der Waals surface area contributed by atoms with Gasteiger partial charge in [0, 0.05) is 18.2 Å². The number of rotatable bonds is 2. The van der Waals surface area contributed by atoms with Gasteiger partial charge in [-0.2, -0.15) is 0 Å². The lowest BCUT2D eigenvalue weighted by Crippen LogP contribution is -2.37. The summed E-state index contributed by atoms with van der Waals surface area (Å²) >= 11 is 0. The van der Waals surface area contributed by atoms with Crippen molar-refractivity contribution in [3.63, 3.8) is 0 Å². The van der Waals surface area contributed by atoms with Gasteiger partial charge in [-0.05, 0) is 32.4 Å². The van der Waals surface area contributed by atoms with Crippen molar-refractivity contribution in [3.8, 4) is 0 Å². The number of amides is 1. The minimum absolute atomic E-state index is 0.0741. The molecule has 96 valence electrons. The summed E-state index contributed by atoms with van der Waals surface area (Å²) in [6.45, 7) is 4.26. The van der Waals surface area contributed by atoms with Crippen LogP contribution in [0.25, 0.3) is 0 Å². The van der Waals surface area contributed by atoms with E-state index in [2.05, 4.69) is 0 Å². The zero-order chi connectivity index (χ0) is 13.3. The van der Waals surface area contributed by atoms with Crippen molar-refractivity contribution < 1.29 is 14.7 Å². The maximum absolute atomic E-state index is 12.3. The summed E-state index contributed by atoms with van der Waals surface area (Å²) in [5, 5.41) is 9.06. The van der Waals surface area contributed by atoms with Gasteiger partial charge in [0.15, 0.2) is 0 Å². The molecule has 2 atom stereocenters. The summed E-state index contributed by atoms with van der Waals surface area (Å²) in [5.41, 5.74) is 1.66. The normalized spacial score (nSPS) is 23.1. The van der Waals surface area contributed by atoms with Gasteiger partial charge in [-0.3, -0.25) is 9.59 Å². The van der Waals surface area contributed by atoms with Crippen LogP contribution in [-0.2, 0) is 4.79 Å². The molecule has 18 heavy (non-hydrogen) atoms. The summed E-state index contributed by atoms with van der Waals surface area (Å²) in [4.78, 5) is 25.0. The maximum atomic E-state index is 12.3. The largest absolute Gasteiger partial charge is 0.481 e. The number of aliphatic carboxylic acids is 1. The highest BCUT2D eigenvalue weighted by atomic mass is 16.4. The van der Waals surface area contributed by atoms with Gasteiger partial charge in [0.25, 0.3) is 5.91 Å². The molecule has 0 bridgehead atoms. The van der Waals surface area contributed by atoms with Gasteiger partial charge in [0.1, 0.15) is 0 Å². The minimum atomic E-state index is -0.818. The Hall–Kier alpha value is -1.84. The molecule has 0 saturated carbocycles. The van der Waals surface area contributed by atoms with Crippen LogP contribution in [0.2, 0.25) is 0 Å². The SMILES string of the molecule is Cc1cccc(C(=O)N2CCC(C(=O)O)C2C)c1. The lowest BCUT2D eigenvalue weighted by molar-refractivity contribution is -0.142. The van der Waals surface area contributed by atoms with Crippen molar-refractivity contribution in [2.45, 2.75) is 26.3 Å². The summed E-state index contributed by atoms with van der Waals surface area (Å²) < 4.78 is 0. The van der Waals surface area contributed by atoms with E-state index in [0.717, 1.165) is 5.56 Å². The molecule has 4 heteroatoms. The average molecular weight is 247 g/mol. The standard InChI is InChI=1S/C14H17NO3/c1-9-4-3-5-11(8-9)13(16)15-7-6-12(10(15)2)14(17)18/h3-5,8,10,12H,6-7H2,1-2H3,(H,17,18). The molecule has 1 aromatic rings. The Morgan fingerprint density at radius 2 is 2.11 bits per heavy atom. The molecular weight excluding hydrogens is 230 g/mol. The highest BCUT2D eigenvalue weighted by Gasteiger charge is 2.38. The zero-order valence-electron chi connectivity index (χ0n) is 10.6. The van der Waals surface area contributed by atoms with Gasteiger partial charge in [-0.25, -0.2) is 0 Å². The predicted molar refractivity (Wildman–Crippen MR) is 67.4 cm³/mol. The molecule has 1 aliphatic heterocycles. The first-order valence-electron chi connectivity index (χ1n) is 6.11. The molecule has 1 heterocycles. The third-order valence-corrected chi connectivity index (χ3v) is 3.60. The fraction of sp³-hybridized carbons (Fsp3) is 0.429. The quantitative estimate of drug-likeness (QED) is 0.868. The van der Waals surface area contributed by atoms with Crippen LogP contribution in [-0.4, -0.2) is 34.5 Å². The third kappa shape index (κ3) is 2.23. The first kappa shape index (κ1) is 12.6. The van der Waals surface area contributed by atoms with Crippen molar-refractivity contribution in [2.24, 2.45) is 5.92 Å². The van der Waals surface area contributed by atoms with E-state index >= 15 is 0 Å². The van der Waals surface area contributed by atoms with Gasteiger partial charge >= 0.3 is 5.97 Å². The number of carbonyl (C=O) groups is 2. The molecule has 0 aliphatic carbocycles. The Balaban J connectivity index is 2.18. The van der Waals surface area contributed by atoms with Crippen LogP contribution >= 0.6 is 0 Å². The molecule has 4 nitrogen and oxygen atoms in total. The second-order valence-electron chi connectivity index (χ2n) is 4.84. The number of carboxylic acid groups (broad SMARTS) is 1. The molecule has 1 aliphatic rings. The van der Waals surface area contributed by atoms with E-state index in [0.29, 0.717) is 18.5 Å². The molecule has 1 amide bonds. The number of hydrogen-bond acceptors (Lipinski definition) is 2. The zero-order valence-corrected chi connectivity index (χ0v) is 10.6. The molecule has 1 saturated heterocycles. The molecule has 0 aromatic heterocycles. The van der Waals surface area contributed by atoms with Crippen LogP contribution in [0.15, 0.2) is 24.3 Å². The van der Waals surface area contributed by atoms with Crippen LogP contribution in [0.1, 0.15) is 29.3 Å². The van der Waals surface area contributed by atoms with Crippen molar-refractivity contribution in [1.82, 2.24) is 4.90 Å². The number of hydrogen-bond donors (Lipinski definition) is 1. The molecule has 0 radical (unpaired) electrons. The van der Waals surface area contributed by atoms with E-state index in [-0.39, 0.29) is 11.9 Å². The number of benzene rings is 1. The number of carboxylic acids is 1. The third-order valence-electron chi connectivity index (χ3n) is 3.60. The van der Waals surface area contributed by atoms with Gasteiger partial charge < -0.3 is 10.0 Å². The Morgan fingerprint density at radius 1 is 1.39 bits per heavy atom. The van der Waals surface area contributed by atoms with Crippen LogP contribution in [0.5, 0.6) is 0 Å². The predicted octanol–water partition coefficient (Wildman–Crippen LogP) is 1.93. The second kappa shape index (κ2) is 4.80. The summed E-state index contributed by atoms with van der Waals surface area (Å²) in [7, 11) is 0. The first-order chi connectivity index (χ1) is 8.50. The smallest absolute Gasteiger partial charge is 0.308 e. The number of nitrogens with zero attached hydrogens (tertiary/aromatic N) is 1. The van der Waals surface area contributed by atoms with Crippen molar-refractivity contribution in [3.05, 3.63) is 35.4 Å². The molecular formula is C14H17NO3. The monoisotopic (exact) mass is 247 g/mol. The van der Waals surface area contributed by atoms with E-state index in [4.69, 9.17) is 5.11 Å². The Bertz CT molecular complexity index is 484. The van der Waals surface area contributed by atoms with E-state index in [1.807, 2.05) is 25.1 Å². The van der Waals surface area contributed by atoms with Gasteiger partial charge in [-0.15, -0.1) is 0 Å². The number of carbonyl (C=O) groups excluding carboxylic acids is 1. The van der Waals surface area contributed by atoms with E-state index in [1.54, 1.807) is 17.9 Å².